The van der Waals surface area contributed by atoms with Crippen molar-refractivity contribution in [2.24, 2.45) is 0 Å². The molecule has 0 radical (unpaired) electrons. The van der Waals surface area contributed by atoms with Gasteiger partial charge in [-0.05, 0) is 81.6 Å². The van der Waals surface area contributed by atoms with Gasteiger partial charge in [0.15, 0.2) is 5.78 Å². The highest BCUT2D eigenvalue weighted by molar-refractivity contribution is 6.11. The first-order valence-corrected chi connectivity index (χ1v) is 10.7. The van der Waals surface area contributed by atoms with Gasteiger partial charge in [-0.2, -0.15) is 0 Å². The third kappa shape index (κ3) is 5.46. The maximum atomic E-state index is 13.4. The Morgan fingerprint density at radius 2 is 1.62 bits per heavy atom. The van der Waals surface area contributed by atoms with Crippen molar-refractivity contribution >= 4 is 11.9 Å². The Labute approximate surface area is 197 Å². The van der Waals surface area contributed by atoms with Gasteiger partial charge >= 0.3 is 6.09 Å². The van der Waals surface area contributed by atoms with Gasteiger partial charge in [0, 0.05) is 17.3 Å². The van der Waals surface area contributed by atoms with Gasteiger partial charge in [0.1, 0.15) is 17.1 Å². The van der Waals surface area contributed by atoms with Gasteiger partial charge in [-0.1, -0.05) is 12.1 Å². The summed E-state index contributed by atoms with van der Waals surface area (Å²) in [6.45, 7) is 8.75. The molecule has 0 aliphatic heterocycles. The van der Waals surface area contributed by atoms with Crippen LogP contribution in [0, 0.1) is 13.8 Å². The molecule has 8 nitrogen and oxygen atoms in total. The van der Waals surface area contributed by atoms with Gasteiger partial charge in [-0.3, -0.25) is 9.59 Å². The molecule has 178 valence electrons. The van der Waals surface area contributed by atoms with Crippen molar-refractivity contribution in [3.8, 4) is 22.6 Å². The highest BCUT2D eigenvalue weighted by Crippen LogP contribution is 2.26. The van der Waals surface area contributed by atoms with E-state index in [1.807, 2.05) is 13.8 Å². The number of benzene rings is 2. The van der Waals surface area contributed by atoms with E-state index in [2.05, 4.69) is 5.43 Å². The molecule has 0 saturated heterocycles. The van der Waals surface area contributed by atoms with Gasteiger partial charge in [0.05, 0.1) is 12.7 Å². The summed E-state index contributed by atoms with van der Waals surface area (Å²) in [7, 11) is 1.53. The molecule has 0 saturated carbocycles. The van der Waals surface area contributed by atoms with Crippen LogP contribution >= 0.6 is 0 Å². The van der Waals surface area contributed by atoms with Gasteiger partial charge < -0.3 is 14.6 Å². The summed E-state index contributed by atoms with van der Waals surface area (Å²) in [6, 6.07) is 11.3. The molecule has 3 aromatic rings. The van der Waals surface area contributed by atoms with E-state index in [0.29, 0.717) is 11.3 Å². The second-order valence-electron chi connectivity index (χ2n) is 8.94. The number of aromatic hydroxyl groups is 1. The molecule has 0 aliphatic carbocycles. The van der Waals surface area contributed by atoms with Crippen LogP contribution < -0.4 is 15.7 Å². The maximum Gasteiger partial charge on any atom is 0.427 e. The minimum absolute atomic E-state index is 0.0891. The summed E-state index contributed by atoms with van der Waals surface area (Å²) in [5.41, 5.74) is 3.59. The maximum absolute atomic E-state index is 13.4. The second-order valence-corrected chi connectivity index (χ2v) is 8.94. The van der Waals surface area contributed by atoms with E-state index < -0.39 is 23.0 Å². The first-order chi connectivity index (χ1) is 15.9. The molecular weight excluding hydrogens is 436 g/mol. The molecule has 34 heavy (non-hydrogen) atoms. The number of nitrogens with one attached hydrogen (secondary N) is 1. The van der Waals surface area contributed by atoms with E-state index in [-0.39, 0.29) is 22.4 Å². The molecule has 3 rings (SSSR count). The number of carbonyl (C=O) groups is 2. The Balaban J connectivity index is 2.15. The molecule has 0 fully saturated rings. The van der Waals surface area contributed by atoms with E-state index >= 15 is 0 Å². The monoisotopic (exact) mass is 464 g/mol. The Hall–Kier alpha value is -4.07. The highest BCUT2D eigenvalue weighted by atomic mass is 16.6. The minimum Gasteiger partial charge on any atom is -0.507 e. The quantitative estimate of drug-likeness (QED) is 0.536. The number of hydrogen-bond acceptors (Lipinski definition) is 6. The number of hydrogen-bond donors (Lipinski definition) is 2. The largest absolute Gasteiger partial charge is 0.507 e. The predicted molar refractivity (Wildman–Crippen MR) is 129 cm³/mol. The first kappa shape index (κ1) is 24.6. The SMILES string of the molecule is COc1ccc(-c2cc(C(=O)c3cc(C)c(C)cc3O)cn(NC(=O)OC(C)(C)C)c2=O)cc1. The molecule has 2 N–H and O–H groups in total. The fraction of sp³-hybridized carbons (Fsp3) is 0.269. The Bertz CT molecular complexity index is 1300. The van der Waals surface area contributed by atoms with Crippen LogP contribution in [0.15, 0.2) is 53.5 Å². The number of carbonyl (C=O) groups excluding carboxylic acids is 2. The topological polar surface area (TPSA) is 107 Å². The van der Waals surface area contributed by atoms with Crippen molar-refractivity contribution in [2.75, 3.05) is 12.5 Å². The Morgan fingerprint density at radius 1 is 1.00 bits per heavy atom. The third-order valence-corrected chi connectivity index (χ3v) is 5.15. The van der Waals surface area contributed by atoms with Gasteiger partial charge in [0.25, 0.3) is 5.56 Å². The number of aryl methyl sites for hydroxylation is 2. The van der Waals surface area contributed by atoms with Crippen LogP contribution in [-0.4, -0.2) is 34.4 Å². The van der Waals surface area contributed by atoms with Crippen LogP contribution in [-0.2, 0) is 4.74 Å². The summed E-state index contributed by atoms with van der Waals surface area (Å²) in [6.07, 6.45) is 0.366. The predicted octanol–water partition coefficient (Wildman–Crippen LogP) is 4.56. The number of nitrogens with zero attached hydrogens (tertiary/aromatic N) is 1. The average Bonchev–Trinajstić information content (AvgIpc) is 2.76. The lowest BCUT2D eigenvalue weighted by molar-refractivity contribution is 0.0611. The number of ketones is 1. The molecule has 8 heteroatoms. The van der Waals surface area contributed by atoms with Crippen LogP contribution in [0.25, 0.3) is 11.1 Å². The van der Waals surface area contributed by atoms with Crippen molar-refractivity contribution in [1.29, 1.82) is 0 Å². The summed E-state index contributed by atoms with van der Waals surface area (Å²) < 4.78 is 11.3. The lowest BCUT2D eigenvalue weighted by Crippen LogP contribution is -2.37. The van der Waals surface area contributed by atoms with E-state index in [1.165, 1.54) is 25.4 Å². The highest BCUT2D eigenvalue weighted by Gasteiger charge is 2.21. The minimum atomic E-state index is -0.853. The number of amides is 1. The molecule has 0 atom stereocenters. The Morgan fingerprint density at radius 3 is 2.21 bits per heavy atom. The molecule has 0 unspecified atom stereocenters. The number of phenols is 1. The number of rotatable bonds is 5. The van der Waals surface area contributed by atoms with E-state index in [9.17, 15) is 19.5 Å². The summed E-state index contributed by atoms with van der Waals surface area (Å²) in [5.74, 6) is -0.0738. The fourth-order valence-corrected chi connectivity index (χ4v) is 3.30. The number of phenolic OH excluding ortho intramolecular Hbond substituents is 1. The van der Waals surface area contributed by atoms with Crippen LogP contribution in [0.4, 0.5) is 4.79 Å². The second kappa shape index (κ2) is 9.43. The normalized spacial score (nSPS) is 11.1. The van der Waals surface area contributed by atoms with Crippen LogP contribution in [0.2, 0.25) is 0 Å². The number of aromatic nitrogens is 1. The van der Waals surface area contributed by atoms with Crippen molar-refractivity contribution in [1.82, 2.24) is 4.68 Å². The summed E-state index contributed by atoms with van der Waals surface area (Å²) in [5, 5.41) is 10.4. The zero-order valence-electron chi connectivity index (χ0n) is 20.1. The van der Waals surface area contributed by atoms with Gasteiger partial charge in [0.2, 0.25) is 0 Å². The summed E-state index contributed by atoms with van der Waals surface area (Å²) in [4.78, 5) is 38.9. The summed E-state index contributed by atoms with van der Waals surface area (Å²) >= 11 is 0. The number of ether oxygens (including phenoxy) is 2. The molecule has 1 heterocycles. The number of methoxy groups -OCH3 is 1. The third-order valence-electron chi connectivity index (χ3n) is 5.15. The van der Waals surface area contributed by atoms with Gasteiger partial charge in [-0.25, -0.2) is 14.9 Å². The lowest BCUT2D eigenvalue weighted by atomic mass is 9.97. The van der Waals surface area contributed by atoms with E-state index in [4.69, 9.17) is 9.47 Å². The Kier molecular flexibility index (Phi) is 6.81. The zero-order valence-corrected chi connectivity index (χ0v) is 20.1. The van der Waals surface area contributed by atoms with Crippen LogP contribution in [0.3, 0.4) is 0 Å². The fourth-order valence-electron chi connectivity index (χ4n) is 3.30. The average molecular weight is 465 g/mol. The molecule has 1 amide bonds. The molecule has 0 bridgehead atoms. The lowest BCUT2D eigenvalue weighted by Gasteiger charge is -2.20. The molecule has 1 aromatic heterocycles. The molecule has 2 aromatic carbocycles. The van der Waals surface area contributed by atoms with Crippen molar-refractivity contribution < 1.29 is 24.2 Å². The standard InChI is InChI=1S/C26H28N2O6/c1-15-11-21(22(29)12-16(15)2)23(30)18-13-20(17-7-9-19(33-6)10-8-17)24(31)28(14-18)27-25(32)34-26(3,4)5/h7-14,29H,1-6H3,(H,27,32). The smallest absolute Gasteiger partial charge is 0.427 e. The molecule has 0 spiro atoms. The first-order valence-electron chi connectivity index (χ1n) is 10.7. The van der Waals surface area contributed by atoms with Crippen molar-refractivity contribution in [3.05, 3.63) is 81.3 Å². The van der Waals surface area contributed by atoms with Crippen molar-refractivity contribution in [2.45, 2.75) is 40.2 Å². The molecule has 0 aliphatic rings. The van der Waals surface area contributed by atoms with Crippen molar-refractivity contribution in [3.63, 3.8) is 0 Å². The van der Waals surface area contributed by atoms with Gasteiger partial charge in [-0.15, -0.1) is 0 Å². The van der Waals surface area contributed by atoms with Crippen LogP contribution in [0.1, 0.15) is 47.8 Å². The molecular formula is C26H28N2O6. The zero-order chi connectivity index (χ0) is 25.2. The number of pyridine rings is 1. The van der Waals surface area contributed by atoms with Crippen LogP contribution in [0.5, 0.6) is 11.5 Å². The van der Waals surface area contributed by atoms with E-state index in [1.54, 1.807) is 51.1 Å². The van der Waals surface area contributed by atoms with E-state index in [0.717, 1.165) is 15.8 Å².